The number of thiophene rings is 1. The Balaban J connectivity index is 1.63. The van der Waals surface area contributed by atoms with E-state index in [4.69, 9.17) is 0 Å². The summed E-state index contributed by atoms with van der Waals surface area (Å²) in [6.07, 6.45) is 1.75. The van der Waals surface area contributed by atoms with Crippen LogP contribution in [0.5, 0.6) is 0 Å². The molecule has 0 fully saturated rings. The summed E-state index contributed by atoms with van der Waals surface area (Å²) in [4.78, 5) is 18.1. The van der Waals surface area contributed by atoms with E-state index in [2.05, 4.69) is 26.7 Å². The van der Waals surface area contributed by atoms with Gasteiger partial charge in [-0.1, -0.05) is 23.9 Å². The normalized spacial score (nSPS) is 11.3. The molecule has 0 aliphatic carbocycles. The Bertz CT molecular complexity index is 1110. The van der Waals surface area contributed by atoms with E-state index in [1.54, 1.807) is 39.8 Å². The van der Waals surface area contributed by atoms with Gasteiger partial charge in [0.25, 0.3) is 5.56 Å². The molecule has 6 nitrogen and oxygen atoms in total. The van der Waals surface area contributed by atoms with Gasteiger partial charge in [-0.3, -0.25) is 9.20 Å². The molecule has 0 N–H and O–H groups in total. The maximum Gasteiger partial charge on any atom is 0.258 e. The number of rotatable bonds is 5. The van der Waals surface area contributed by atoms with Gasteiger partial charge in [0.05, 0.1) is 10.6 Å². The van der Waals surface area contributed by atoms with Crippen molar-refractivity contribution >= 4 is 28.7 Å². The molecule has 0 unspecified atom stereocenters. The van der Waals surface area contributed by atoms with Crippen molar-refractivity contribution in [3.8, 4) is 10.7 Å². The van der Waals surface area contributed by atoms with Crippen molar-refractivity contribution < 1.29 is 0 Å². The van der Waals surface area contributed by atoms with Crippen molar-refractivity contribution in [3.05, 3.63) is 63.5 Å². The highest BCUT2D eigenvalue weighted by molar-refractivity contribution is 7.98. The molecule has 0 saturated heterocycles. The van der Waals surface area contributed by atoms with Crippen molar-refractivity contribution in [2.75, 3.05) is 0 Å². The van der Waals surface area contributed by atoms with E-state index < -0.39 is 0 Å². The van der Waals surface area contributed by atoms with Crippen molar-refractivity contribution in [2.24, 2.45) is 0 Å². The average Bonchev–Trinajstić information content (AvgIpc) is 3.30. The predicted octanol–water partition coefficient (Wildman–Crippen LogP) is 3.64. The summed E-state index contributed by atoms with van der Waals surface area (Å²) in [5.41, 5.74) is 2.36. The number of hydrogen-bond acceptors (Lipinski definition) is 6. The third kappa shape index (κ3) is 3.06. The lowest BCUT2D eigenvalue weighted by Gasteiger charge is -2.07. The molecule has 0 bridgehead atoms. The average molecular weight is 384 g/mol. The SMILES string of the molecule is CCn1c(SCc2cc(=O)n3cccc(C)c3n2)nnc1-c1cccs1. The number of pyridine rings is 1. The molecular weight excluding hydrogens is 366 g/mol. The van der Waals surface area contributed by atoms with Crippen LogP contribution in [0.1, 0.15) is 18.2 Å². The Morgan fingerprint density at radius 1 is 1.23 bits per heavy atom. The highest BCUT2D eigenvalue weighted by atomic mass is 32.2. The summed E-state index contributed by atoms with van der Waals surface area (Å²) >= 11 is 3.20. The zero-order valence-corrected chi connectivity index (χ0v) is 16.0. The van der Waals surface area contributed by atoms with Crippen LogP contribution in [-0.2, 0) is 12.3 Å². The molecule has 26 heavy (non-hydrogen) atoms. The third-order valence-corrected chi connectivity index (χ3v) is 5.93. The smallest absolute Gasteiger partial charge is 0.258 e. The number of fused-ring (bicyclic) bond motifs is 1. The van der Waals surface area contributed by atoms with Gasteiger partial charge in [-0.15, -0.1) is 21.5 Å². The Morgan fingerprint density at radius 2 is 2.12 bits per heavy atom. The van der Waals surface area contributed by atoms with Gasteiger partial charge >= 0.3 is 0 Å². The summed E-state index contributed by atoms with van der Waals surface area (Å²) in [5, 5.41) is 11.5. The lowest BCUT2D eigenvalue weighted by Crippen LogP contribution is -2.15. The summed E-state index contributed by atoms with van der Waals surface area (Å²) in [7, 11) is 0. The zero-order valence-electron chi connectivity index (χ0n) is 14.4. The van der Waals surface area contributed by atoms with Gasteiger partial charge in [0.15, 0.2) is 11.0 Å². The maximum atomic E-state index is 12.3. The molecule has 0 amide bonds. The molecule has 8 heteroatoms. The fourth-order valence-electron chi connectivity index (χ4n) is 2.79. The first-order chi connectivity index (χ1) is 12.7. The third-order valence-electron chi connectivity index (χ3n) is 4.06. The first-order valence-corrected chi connectivity index (χ1v) is 10.1. The van der Waals surface area contributed by atoms with Crippen molar-refractivity contribution in [3.63, 3.8) is 0 Å². The fourth-order valence-corrected chi connectivity index (χ4v) is 4.40. The minimum absolute atomic E-state index is 0.0643. The first-order valence-electron chi connectivity index (χ1n) is 8.25. The van der Waals surface area contributed by atoms with Crippen LogP contribution in [0.15, 0.2) is 51.9 Å². The van der Waals surface area contributed by atoms with Gasteiger partial charge in [0.1, 0.15) is 5.65 Å². The molecular formula is C18H17N5OS2. The lowest BCUT2D eigenvalue weighted by atomic mass is 10.3. The summed E-state index contributed by atoms with van der Waals surface area (Å²) in [6.45, 7) is 4.82. The second-order valence-electron chi connectivity index (χ2n) is 5.79. The molecule has 132 valence electrons. The lowest BCUT2D eigenvalue weighted by molar-refractivity contribution is 0.688. The number of thioether (sulfide) groups is 1. The van der Waals surface area contributed by atoms with Crippen molar-refractivity contribution in [1.82, 2.24) is 24.1 Å². The summed E-state index contributed by atoms with van der Waals surface area (Å²) < 4.78 is 3.67. The zero-order chi connectivity index (χ0) is 18.1. The van der Waals surface area contributed by atoms with E-state index in [1.807, 2.05) is 36.6 Å². The highest BCUT2D eigenvalue weighted by Crippen LogP contribution is 2.28. The molecule has 0 saturated carbocycles. The van der Waals surface area contributed by atoms with E-state index in [9.17, 15) is 4.79 Å². The van der Waals surface area contributed by atoms with Crippen LogP contribution in [0.2, 0.25) is 0 Å². The quantitative estimate of drug-likeness (QED) is 0.492. The molecule has 0 atom stereocenters. The molecule has 4 heterocycles. The van der Waals surface area contributed by atoms with Crippen LogP contribution in [-0.4, -0.2) is 24.1 Å². The van der Waals surface area contributed by atoms with Crippen LogP contribution in [0.4, 0.5) is 0 Å². The van der Waals surface area contributed by atoms with Crippen molar-refractivity contribution in [1.29, 1.82) is 0 Å². The summed E-state index contributed by atoms with van der Waals surface area (Å²) in [6, 6.07) is 9.46. The second-order valence-corrected chi connectivity index (χ2v) is 7.68. The van der Waals surface area contributed by atoms with Crippen molar-refractivity contribution in [2.45, 2.75) is 31.3 Å². The minimum Gasteiger partial charge on any atom is -0.302 e. The first kappa shape index (κ1) is 17.0. The van der Waals surface area contributed by atoms with Gasteiger partial charge < -0.3 is 4.57 Å². The number of aryl methyl sites for hydroxylation is 1. The predicted molar refractivity (Wildman–Crippen MR) is 105 cm³/mol. The largest absolute Gasteiger partial charge is 0.302 e. The van der Waals surface area contributed by atoms with Crippen LogP contribution in [0.3, 0.4) is 0 Å². The fraction of sp³-hybridized carbons (Fsp3) is 0.222. The van der Waals surface area contributed by atoms with Gasteiger partial charge in [0.2, 0.25) is 0 Å². The monoisotopic (exact) mass is 383 g/mol. The van der Waals surface area contributed by atoms with Gasteiger partial charge in [-0.2, -0.15) is 0 Å². The Hall–Kier alpha value is -2.45. The molecule has 0 aliphatic rings. The number of aromatic nitrogens is 5. The number of hydrogen-bond donors (Lipinski definition) is 0. The molecule has 0 spiro atoms. The van der Waals surface area contributed by atoms with Crippen LogP contribution < -0.4 is 5.56 Å². The van der Waals surface area contributed by atoms with Crippen LogP contribution >= 0.6 is 23.1 Å². The van der Waals surface area contributed by atoms with Crippen LogP contribution in [0.25, 0.3) is 16.3 Å². The highest BCUT2D eigenvalue weighted by Gasteiger charge is 2.14. The molecule has 0 radical (unpaired) electrons. The molecule has 4 rings (SSSR count). The molecule has 0 aliphatic heterocycles. The molecule has 4 aromatic rings. The Morgan fingerprint density at radius 3 is 2.88 bits per heavy atom. The van der Waals surface area contributed by atoms with Gasteiger partial charge in [-0.25, -0.2) is 4.98 Å². The van der Waals surface area contributed by atoms with E-state index >= 15 is 0 Å². The Kier molecular flexibility index (Phi) is 4.60. The number of nitrogens with zero attached hydrogens (tertiary/aromatic N) is 5. The Labute approximate surface area is 158 Å². The molecule has 4 aromatic heterocycles. The minimum atomic E-state index is -0.0643. The van der Waals surface area contributed by atoms with E-state index in [0.717, 1.165) is 33.7 Å². The van der Waals surface area contributed by atoms with E-state index in [1.165, 1.54) is 0 Å². The van der Waals surface area contributed by atoms with Crippen LogP contribution in [0, 0.1) is 6.92 Å². The summed E-state index contributed by atoms with van der Waals surface area (Å²) in [5.74, 6) is 1.45. The van der Waals surface area contributed by atoms with E-state index in [0.29, 0.717) is 11.4 Å². The standard InChI is InChI=1S/C18H17N5OS2/c1-3-22-17(14-7-5-9-25-14)20-21-18(22)26-11-13-10-15(24)23-8-4-6-12(2)16(23)19-13/h4-10H,3,11H2,1-2H3. The maximum absolute atomic E-state index is 12.3. The molecule has 0 aromatic carbocycles. The van der Waals surface area contributed by atoms with Gasteiger partial charge in [-0.05, 0) is 36.9 Å². The van der Waals surface area contributed by atoms with Gasteiger partial charge in [0, 0.05) is 24.6 Å². The second kappa shape index (κ2) is 7.05. The van der Waals surface area contributed by atoms with E-state index in [-0.39, 0.29) is 5.56 Å². The topological polar surface area (TPSA) is 65.1 Å².